The molecule has 1 amide bonds. The van der Waals surface area contributed by atoms with E-state index in [0.29, 0.717) is 17.9 Å². The molecule has 6 nitrogen and oxygen atoms in total. The normalized spacial score (nSPS) is 18.6. The van der Waals surface area contributed by atoms with Crippen LogP contribution < -0.4 is 15.5 Å². The summed E-state index contributed by atoms with van der Waals surface area (Å²) in [5.41, 5.74) is 1.98. The van der Waals surface area contributed by atoms with E-state index < -0.39 is 0 Å². The molecule has 0 radical (unpaired) electrons. The van der Waals surface area contributed by atoms with Crippen molar-refractivity contribution in [2.24, 2.45) is 5.92 Å². The number of carbonyl (C=O) groups excluding carboxylic acids is 1. The number of rotatable bonds is 7. The Labute approximate surface area is 189 Å². The molecular formula is C26H31N5O. The Balaban J connectivity index is 1.27. The summed E-state index contributed by atoms with van der Waals surface area (Å²) in [6, 6.07) is 18.3. The van der Waals surface area contributed by atoms with Crippen LogP contribution in [-0.4, -0.2) is 42.6 Å². The van der Waals surface area contributed by atoms with Gasteiger partial charge in [0.1, 0.15) is 5.82 Å². The number of nitrogens with zero attached hydrogens (tertiary/aromatic N) is 3. The number of benzene rings is 2. The van der Waals surface area contributed by atoms with Crippen molar-refractivity contribution < 1.29 is 4.79 Å². The molecule has 4 rings (SSSR count). The molecule has 1 aromatic heterocycles. The molecule has 0 aliphatic heterocycles. The number of carbonyl (C=O) groups is 1. The predicted octanol–water partition coefficient (Wildman–Crippen LogP) is 4.50. The van der Waals surface area contributed by atoms with Gasteiger partial charge < -0.3 is 15.5 Å². The van der Waals surface area contributed by atoms with Gasteiger partial charge in [0.25, 0.3) is 0 Å². The van der Waals surface area contributed by atoms with Crippen LogP contribution in [0.5, 0.6) is 0 Å². The summed E-state index contributed by atoms with van der Waals surface area (Å²) in [4.78, 5) is 23.6. The second-order valence-electron chi connectivity index (χ2n) is 8.63. The number of hydrogen-bond donors (Lipinski definition) is 2. The minimum absolute atomic E-state index is 0.0325. The Morgan fingerprint density at radius 3 is 2.47 bits per heavy atom. The Hall–Kier alpha value is -3.41. The van der Waals surface area contributed by atoms with Crippen LogP contribution in [-0.2, 0) is 4.79 Å². The fraction of sp³-hybridized carbons (Fsp3) is 0.346. The maximum absolute atomic E-state index is 12.1. The van der Waals surface area contributed by atoms with E-state index >= 15 is 0 Å². The third-order valence-corrected chi connectivity index (χ3v) is 5.98. The minimum atomic E-state index is -0.0325. The van der Waals surface area contributed by atoms with Crippen LogP contribution in [0.1, 0.15) is 31.2 Å². The molecule has 2 aromatic carbocycles. The van der Waals surface area contributed by atoms with Crippen molar-refractivity contribution in [3.05, 3.63) is 66.2 Å². The highest BCUT2D eigenvalue weighted by Gasteiger charge is 2.22. The molecule has 0 unspecified atom stereocenters. The van der Waals surface area contributed by atoms with Gasteiger partial charge in [-0.3, -0.25) is 4.79 Å². The molecule has 0 saturated heterocycles. The van der Waals surface area contributed by atoms with Crippen molar-refractivity contribution in [3.63, 3.8) is 0 Å². The number of fused-ring (bicyclic) bond motifs is 1. The first-order valence-corrected chi connectivity index (χ1v) is 11.3. The summed E-state index contributed by atoms with van der Waals surface area (Å²) in [5, 5.41) is 7.65. The predicted molar refractivity (Wildman–Crippen MR) is 132 cm³/mol. The van der Waals surface area contributed by atoms with Crippen LogP contribution in [0.2, 0.25) is 0 Å². The van der Waals surface area contributed by atoms with Crippen LogP contribution in [0.4, 0.5) is 11.8 Å². The van der Waals surface area contributed by atoms with E-state index in [1.54, 1.807) is 6.08 Å². The molecule has 3 aromatic rings. The van der Waals surface area contributed by atoms with Crippen LogP contribution in [0, 0.1) is 5.92 Å². The first kappa shape index (κ1) is 21.8. The lowest BCUT2D eigenvalue weighted by Crippen LogP contribution is -2.33. The maximum atomic E-state index is 12.1. The fourth-order valence-electron chi connectivity index (χ4n) is 4.20. The summed E-state index contributed by atoms with van der Waals surface area (Å²) in [6.45, 7) is 0.724. The van der Waals surface area contributed by atoms with Crippen molar-refractivity contribution in [2.75, 3.05) is 30.9 Å². The van der Waals surface area contributed by atoms with E-state index in [2.05, 4.69) is 16.7 Å². The molecule has 1 saturated carbocycles. The van der Waals surface area contributed by atoms with Gasteiger partial charge in [0.15, 0.2) is 0 Å². The molecule has 166 valence electrons. The Morgan fingerprint density at radius 1 is 1.00 bits per heavy atom. The smallest absolute Gasteiger partial charge is 0.244 e. The molecule has 0 spiro atoms. The topological polar surface area (TPSA) is 70.2 Å². The van der Waals surface area contributed by atoms with Crippen LogP contribution >= 0.6 is 0 Å². The number of amides is 1. The van der Waals surface area contributed by atoms with Gasteiger partial charge in [0.2, 0.25) is 11.9 Å². The number of anilines is 2. The third-order valence-electron chi connectivity index (χ3n) is 5.98. The van der Waals surface area contributed by atoms with Gasteiger partial charge in [-0.1, -0.05) is 42.5 Å². The van der Waals surface area contributed by atoms with Gasteiger partial charge in [-0.2, -0.15) is 4.98 Å². The van der Waals surface area contributed by atoms with Gasteiger partial charge >= 0.3 is 0 Å². The van der Waals surface area contributed by atoms with E-state index in [-0.39, 0.29) is 5.91 Å². The van der Waals surface area contributed by atoms with Crippen molar-refractivity contribution >= 4 is 34.7 Å². The monoisotopic (exact) mass is 429 g/mol. The zero-order valence-corrected chi connectivity index (χ0v) is 18.8. The zero-order chi connectivity index (χ0) is 22.3. The molecule has 32 heavy (non-hydrogen) atoms. The molecule has 1 fully saturated rings. The molecule has 0 atom stereocenters. The van der Waals surface area contributed by atoms with Gasteiger partial charge in [-0.15, -0.1) is 0 Å². The van der Waals surface area contributed by atoms with E-state index in [0.717, 1.165) is 54.5 Å². The lowest BCUT2D eigenvalue weighted by Gasteiger charge is -2.29. The van der Waals surface area contributed by atoms with Crippen molar-refractivity contribution in [1.29, 1.82) is 0 Å². The summed E-state index contributed by atoms with van der Waals surface area (Å²) in [6.07, 6.45) is 7.72. The summed E-state index contributed by atoms with van der Waals surface area (Å²) in [7, 11) is 4.01. The van der Waals surface area contributed by atoms with Crippen LogP contribution in [0.15, 0.2) is 60.7 Å². The van der Waals surface area contributed by atoms with Gasteiger partial charge in [-0.05, 0) is 55.4 Å². The minimum Gasteiger partial charge on any atom is -0.362 e. The Morgan fingerprint density at radius 2 is 1.72 bits per heavy atom. The van der Waals surface area contributed by atoms with Crippen LogP contribution in [0.25, 0.3) is 17.0 Å². The summed E-state index contributed by atoms with van der Waals surface area (Å²) >= 11 is 0. The second-order valence-corrected chi connectivity index (χ2v) is 8.63. The number of nitrogens with one attached hydrogen (secondary N) is 2. The van der Waals surface area contributed by atoms with E-state index in [9.17, 15) is 4.79 Å². The van der Waals surface area contributed by atoms with Crippen molar-refractivity contribution in [1.82, 2.24) is 15.3 Å². The molecular weight excluding hydrogens is 398 g/mol. The first-order valence-electron chi connectivity index (χ1n) is 11.3. The highest BCUT2D eigenvalue weighted by atomic mass is 16.1. The zero-order valence-electron chi connectivity index (χ0n) is 18.8. The number of hydrogen-bond acceptors (Lipinski definition) is 5. The van der Waals surface area contributed by atoms with Gasteiger partial charge in [-0.25, -0.2) is 4.98 Å². The summed E-state index contributed by atoms with van der Waals surface area (Å²) < 4.78 is 0. The summed E-state index contributed by atoms with van der Waals surface area (Å²) in [5.74, 6) is 2.10. The first-order chi connectivity index (χ1) is 15.6. The van der Waals surface area contributed by atoms with Crippen molar-refractivity contribution in [3.8, 4) is 0 Å². The average Bonchev–Trinajstić information content (AvgIpc) is 2.82. The molecule has 2 N–H and O–H groups in total. The average molecular weight is 430 g/mol. The van der Waals surface area contributed by atoms with Crippen molar-refractivity contribution in [2.45, 2.75) is 31.7 Å². The third kappa shape index (κ3) is 5.63. The largest absolute Gasteiger partial charge is 0.362 e. The molecule has 0 bridgehead atoms. The van der Waals surface area contributed by atoms with Gasteiger partial charge in [0.05, 0.1) is 5.52 Å². The second kappa shape index (κ2) is 10.3. The SMILES string of the molecule is CN(C)c1nc(N[C@H]2CC[C@@H](CNC(=O)/C=C/c3ccccc3)CC2)nc2ccccc12. The standard InChI is InChI=1S/C26H31N5O/c1-31(2)25-22-10-6-7-11-23(22)29-26(30-25)28-21-15-12-20(13-16-21)18-27-24(32)17-14-19-8-4-3-5-9-19/h3-11,14,17,20-21H,12-13,15-16,18H2,1-2H3,(H,27,32)(H,28,29,30)/b17-14+/t20-,21+. The van der Waals surface area contributed by atoms with Crippen LogP contribution in [0.3, 0.4) is 0 Å². The molecule has 1 aliphatic carbocycles. The molecule has 1 aliphatic rings. The number of aromatic nitrogens is 2. The lowest BCUT2D eigenvalue weighted by atomic mass is 9.86. The van der Waals surface area contributed by atoms with E-state index in [4.69, 9.17) is 9.97 Å². The lowest BCUT2D eigenvalue weighted by molar-refractivity contribution is -0.116. The Kier molecular flexibility index (Phi) is 7.00. The molecule has 1 heterocycles. The quantitative estimate of drug-likeness (QED) is 0.541. The van der Waals surface area contributed by atoms with E-state index in [1.807, 2.05) is 73.6 Å². The number of para-hydroxylation sites is 1. The van der Waals surface area contributed by atoms with E-state index in [1.165, 1.54) is 0 Å². The Bertz CT molecular complexity index is 1070. The fourth-order valence-corrected chi connectivity index (χ4v) is 4.20. The van der Waals surface area contributed by atoms with Gasteiger partial charge in [0, 0.05) is 38.1 Å². The molecule has 6 heteroatoms. The maximum Gasteiger partial charge on any atom is 0.244 e. The highest BCUT2D eigenvalue weighted by Crippen LogP contribution is 2.28. The highest BCUT2D eigenvalue weighted by molar-refractivity contribution is 5.91.